The maximum atomic E-state index is 13.1. The minimum atomic E-state index is -4.57. The van der Waals surface area contributed by atoms with E-state index in [0.717, 1.165) is 23.6 Å². The number of aromatic nitrogens is 2. The number of nitrogens with zero attached hydrogens (tertiary/aromatic N) is 1. The highest BCUT2D eigenvalue weighted by Gasteiger charge is 2.34. The zero-order chi connectivity index (χ0) is 20.7. The fourth-order valence-electron chi connectivity index (χ4n) is 2.33. The van der Waals surface area contributed by atoms with E-state index in [4.69, 9.17) is 0 Å². The molecule has 0 aliphatic rings. The van der Waals surface area contributed by atoms with Gasteiger partial charge in [0.15, 0.2) is 5.16 Å². The van der Waals surface area contributed by atoms with Crippen molar-refractivity contribution in [2.24, 2.45) is 0 Å². The molecule has 0 radical (unpaired) electrons. The molecule has 0 spiro atoms. The number of aromatic amines is 1. The number of rotatable bonds is 8. The van der Waals surface area contributed by atoms with Crippen LogP contribution in [0, 0.1) is 0 Å². The van der Waals surface area contributed by atoms with Gasteiger partial charge >= 0.3 is 6.18 Å². The van der Waals surface area contributed by atoms with Crippen molar-refractivity contribution in [3.05, 3.63) is 51.9 Å². The summed E-state index contributed by atoms with van der Waals surface area (Å²) in [5, 5.41) is 1.91. The first-order valence-corrected chi connectivity index (χ1v) is 10.6. The lowest BCUT2D eigenvalue weighted by atomic mass is 10.1. The second-order valence-electron chi connectivity index (χ2n) is 5.73. The average Bonchev–Trinajstić information content (AvgIpc) is 2.63. The monoisotopic (exact) mass is 431 g/mol. The Hall–Kier alpha value is -1.94. The lowest BCUT2D eigenvalue weighted by molar-refractivity contribution is -0.137. The maximum absolute atomic E-state index is 13.1. The van der Waals surface area contributed by atoms with Crippen molar-refractivity contribution in [1.29, 1.82) is 0 Å². The summed E-state index contributed by atoms with van der Waals surface area (Å²) in [4.78, 5) is 31.3. The largest absolute Gasteiger partial charge is 0.418 e. The van der Waals surface area contributed by atoms with Gasteiger partial charge in [-0.25, -0.2) is 4.98 Å². The smallest absolute Gasteiger partial charge is 0.325 e. The Morgan fingerprint density at radius 1 is 1.29 bits per heavy atom. The Morgan fingerprint density at radius 2 is 2.00 bits per heavy atom. The summed E-state index contributed by atoms with van der Waals surface area (Å²) in [6.07, 6.45) is -4.22. The Kier molecular flexibility index (Phi) is 7.99. The zero-order valence-electron chi connectivity index (χ0n) is 15.3. The fourth-order valence-corrected chi connectivity index (χ4v) is 3.82. The van der Waals surface area contributed by atoms with Gasteiger partial charge in [0.1, 0.15) is 0 Å². The molecular weight excluding hydrogens is 411 g/mol. The average molecular weight is 432 g/mol. The first-order valence-electron chi connectivity index (χ1n) is 8.56. The summed E-state index contributed by atoms with van der Waals surface area (Å²) in [7, 11) is 0. The zero-order valence-corrected chi connectivity index (χ0v) is 16.9. The highest BCUT2D eigenvalue weighted by Crippen LogP contribution is 2.35. The molecule has 2 N–H and O–H groups in total. The van der Waals surface area contributed by atoms with Crippen molar-refractivity contribution in [1.82, 2.24) is 9.97 Å². The van der Waals surface area contributed by atoms with Crippen LogP contribution in [0.4, 0.5) is 18.9 Å². The van der Waals surface area contributed by atoms with Crippen LogP contribution in [-0.2, 0) is 16.7 Å². The molecular formula is C18H20F3N3O2S2. The molecule has 28 heavy (non-hydrogen) atoms. The Morgan fingerprint density at radius 3 is 2.64 bits per heavy atom. The minimum absolute atomic E-state index is 0.269. The lowest BCUT2D eigenvalue weighted by Crippen LogP contribution is -2.26. The summed E-state index contributed by atoms with van der Waals surface area (Å²) in [6, 6.07) is 6.21. The van der Waals surface area contributed by atoms with Gasteiger partial charge in [0.2, 0.25) is 5.91 Å². The predicted molar refractivity (Wildman–Crippen MR) is 107 cm³/mol. The van der Waals surface area contributed by atoms with Crippen LogP contribution in [-0.4, -0.2) is 26.9 Å². The number of halogens is 3. The number of carbonyl (C=O) groups excluding carboxylic acids is 1. The van der Waals surface area contributed by atoms with Gasteiger partial charge in [-0.3, -0.25) is 9.59 Å². The molecule has 10 heteroatoms. The van der Waals surface area contributed by atoms with Gasteiger partial charge in [0, 0.05) is 11.8 Å². The molecule has 1 amide bonds. The van der Waals surface area contributed by atoms with E-state index in [1.165, 1.54) is 24.3 Å². The van der Waals surface area contributed by atoms with Gasteiger partial charge in [-0.05, 0) is 24.3 Å². The molecule has 0 bridgehead atoms. The molecule has 1 aromatic carbocycles. The summed E-state index contributed by atoms with van der Waals surface area (Å²) >= 11 is 2.63. The Bertz CT molecular complexity index is 872. The van der Waals surface area contributed by atoms with Gasteiger partial charge < -0.3 is 10.3 Å². The summed E-state index contributed by atoms with van der Waals surface area (Å²) in [5.74, 6) is 0.853. The molecule has 152 valence electrons. The van der Waals surface area contributed by atoms with E-state index >= 15 is 0 Å². The Labute approximate surface area is 168 Å². The number of anilines is 1. The molecule has 5 nitrogen and oxygen atoms in total. The summed E-state index contributed by atoms with van der Waals surface area (Å²) in [6.45, 7) is 3.73. The number of benzene rings is 1. The van der Waals surface area contributed by atoms with Gasteiger partial charge in [-0.1, -0.05) is 37.7 Å². The second-order valence-corrected chi connectivity index (χ2v) is 8.19. The lowest BCUT2D eigenvalue weighted by Gasteiger charge is -2.17. The first-order chi connectivity index (χ1) is 13.2. The molecule has 1 heterocycles. The van der Waals surface area contributed by atoms with Crippen LogP contribution in [0.2, 0.25) is 0 Å². The van der Waals surface area contributed by atoms with Crippen LogP contribution >= 0.6 is 23.5 Å². The first kappa shape index (κ1) is 22.4. The standard InChI is InChI=1S/C18H20F3N3O2S2/c1-3-14(28-17-22-11(10-27-4-2)9-15(25)24-17)16(26)23-13-8-6-5-7-12(13)18(19,20)21/h5-9,14H,3-4,10H2,1-2H3,(H,23,26)(H,22,24,25). The van der Waals surface area contributed by atoms with Crippen molar-refractivity contribution in [2.45, 2.75) is 42.6 Å². The normalized spacial score (nSPS) is 12.6. The third kappa shape index (κ3) is 6.30. The van der Waals surface area contributed by atoms with E-state index in [1.807, 2.05) is 6.92 Å². The van der Waals surface area contributed by atoms with Crippen molar-refractivity contribution < 1.29 is 18.0 Å². The highest BCUT2D eigenvalue weighted by atomic mass is 32.2. The van der Waals surface area contributed by atoms with Crippen LogP contribution in [0.15, 0.2) is 40.3 Å². The fraction of sp³-hybridized carbons (Fsp3) is 0.389. The number of H-pyrrole nitrogens is 1. The number of alkyl halides is 3. The number of carbonyl (C=O) groups is 1. The van der Waals surface area contributed by atoms with Crippen LogP contribution in [0.1, 0.15) is 31.5 Å². The number of hydrogen-bond donors (Lipinski definition) is 2. The minimum Gasteiger partial charge on any atom is -0.325 e. The van der Waals surface area contributed by atoms with Crippen molar-refractivity contribution >= 4 is 35.1 Å². The van der Waals surface area contributed by atoms with Crippen LogP contribution < -0.4 is 10.9 Å². The van der Waals surface area contributed by atoms with Gasteiger partial charge in [-0.2, -0.15) is 24.9 Å². The molecule has 1 atom stereocenters. The van der Waals surface area contributed by atoms with E-state index in [2.05, 4.69) is 15.3 Å². The summed E-state index contributed by atoms with van der Waals surface area (Å²) in [5.41, 5.74) is -0.945. The molecule has 0 aliphatic carbocycles. The highest BCUT2D eigenvalue weighted by molar-refractivity contribution is 8.00. The SMILES string of the molecule is CCSCc1cc(=O)[nH]c(SC(CC)C(=O)Nc2ccccc2C(F)(F)F)n1. The van der Waals surface area contributed by atoms with Crippen molar-refractivity contribution in [2.75, 3.05) is 11.1 Å². The van der Waals surface area contributed by atoms with E-state index < -0.39 is 22.9 Å². The topological polar surface area (TPSA) is 74.8 Å². The molecule has 0 fully saturated rings. The van der Waals surface area contributed by atoms with Crippen molar-refractivity contribution in [3.8, 4) is 0 Å². The predicted octanol–water partition coefficient (Wildman–Crippen LogP) is 4.55. The van der Waals surface area contributed by atoms with Gasteiger partial charge in [-0.15, -0.1) is 0 Å². The maximum Gasteiger partial charge on any atom is 0.418 e. The molecule has 1 aromatic heterocycles. The number of hydrogen-bond acceptors (Lipinski definition) is 5. The third-order valence-electron chi connectivity index (χ3n) is 3.63. The number of thioether (sulfide) groups is 2. The van der Waals surface area contributed by atoms with E-state index in [9.17, 15) is 22.8 Å². The van der Waals surface area contributed by atoms with E-state index in [-0.39, 0.29) is 16.4 Å². The molecule has 0 aliphatic heterocycles. The van der Waals surface area contributed by atoms with E-state index in [1.54, 1.807) is 18.7 Å². The third-order valence-corrected chi connectivity index (χ3v) is 5.79. The molecule has 0 saturated heterocycles. The quantitative estimate of drug-likeness (QED) is 0.474. The van der Waals surface area contributed by atoms with Crippen LogP contribution in [0.3, 0.4) is 0 Å². The van der Waals surface area contributed by atoms with Gasteiger partial charge in [0.25, 0.3) is 5.56 Å². The number of para-hydroxylation sites is 1. The van der Waals surface area contributed by atoms with Crippen LogP contribution in [0.5, 0.6) is 0 Å². The van der Waals surface area contributed by atoms with E-state index in [0.29, 0.717) is 17.9 Å². The number of amides is 1. The van der Waals surface area contributed by atoms with Crippen molar-refractivity contribution in [3.63, 3.8) is 0 Å². The molecule has 1 unspecified atom stereocenters. The molecule has 0 saturated carbocycles. The van der Waals surface area contributed by atoms with Crippen LogP contribution in [0.25, 0.3) is 0 Å². The molecule has 2 aromatic rings. The second kappa shape index (κ2) is 10.0. The Balaban J connectivity index is 2.17. The van der Waals surface area contributed by atoms with Gasteiger partial charge in [0.05, 0.1) is 22.2 Å². The molecule has 2 rings (SSSR count). The number of nitrogens with one attached hydrogen (secondary N) is 2. The summed E-state index contributed by atoms with van der Waals surface area (Å²) < 4.78 is 39.3.